The molecule has 9 nitrogen and oxygen atoms in total. The summed E-state index contributed by atoms with van der Waals surface area (Å²) in [5.41, 5.74) is 10.1. The maximum atomic E-state index is 13.0. The zero-order valence-electron chi connectivity index (χ0n) is 17.8. The Morgan fingerprint density at radius 2 is 1.84 bits per heavy atom. The number of nitrogens with one attached hydrogen (secondary N) is 3. The van der Waals surface area contributed by atoms with E-state index in [0.29, 0.717) is 35.9 Å². The van der Waals surface area contributed by atoms with E-state index >= 15 is 0 Å². The van der Waals surface area contributed by atoms with Gasteiger partial charge in [-0.1, -0.05) is 23.2 Å². The van der Waals surface area contributed by atoms with Crippen molar-refractivity contribution in [1.82, 2.24) is 31.2 Å². The third kappa shape index (κ3) is 4.54. The van der Waals surface area contributed by atoms with Crippen molar-refractivity contribution < 1.29 is 14.3 Å². The van der Waals surface area contributed by atoms with Crippen LogP contribution in [0.3, 0.4) is 0 Å². The maximum Gasteiger partial charge on any atom is 0.410 e. The molecule has 4 aliphatic rings. The molecule has 3 unspecified atom stereocenters. The Bertz CT molecular complexity index is 866. The second-order valence-electron chi connectivity index (χ2n) is 9.47. The van der Waals surface area contributed by atoms with Crippen molar-refractivity contribution in [2.75, 3.05) is 26.2 Å². The molecule has 174 valence electrons. The van der Waals surface area contributed by atoms with Crippen molar-refractivity contribution in [2.45, 2.75) is 50.8 Å². The zero-order valence-corrected chi connectivity index (χ0v) is 19.3. The van der Waals surface area contributed by atoms with Gasteiger partial charge in [0.2, 0.25) is 5.91 Å². The number of carbonyl (C=O) groups is 2. The number of likely N-dealkylation sites (tertiary alicyclic amines) is 2. The molecule has 1 spiro atoms. The van der Waals surface area contributed by atoms with E-state index < -0.39 is 0 Å². The molecule has 1 aliphatic carbocycles. The highest BCUT2D eigenvalue weighted by Crippen LogP contribution is 2.42. The summed E-state index contributed by atoms with van der Waals surface area (Å²) >= 11 is 11.9. The molecule has 1 saturated carbocycles. The van der Waals surface area contributed by atoms with E-state index in [4.69, 9.17) is 27.9 Å². The van der Waals surface area contributed by atoms with Crippen LogP contribution in [0.1, 0.15) is 37.8 Å². The lowest BCUT2D eigenvalue weighted by Crippen LogP contribution is -2.63. The average molecular weight is 483 g/mol. The summed E-state index contributed by atoms with van der Waals surface area (Å²) in [6.45, 7) is 2.91. The van der Waals surface area contributed by atoms with Crippen LogP contribution in [-0.2, 0) is 16.1 Å². The van der Waals surface area contributed by atoms with Gasteiger partial charge in [0, 0.05) is 54.6 Å². The number of hydrogen-bond donors (Lipinski definition) is 3. The number of rotatable bonds is 3. The summed E-state index contributed by atoms with van der Waals surface area (Å²) in [5.74, 6) is 0.392. The van der Waals surface area contributed by atoms with E-state index in [2.05, 4.69) is 21.4 Å². The molecule has 32 heavy (non-hydrogen) atoms. The monoisotopic (exact) mass is 482 g/mol. The molecule has 3 N–H and O–H groups in total. The van der Waals surface area contributed by atoms with E-state index in [1.807, 2.05) is 4.90 Å². The molecule has 1 aromatic heterocycles. The number of piperidine rings is 1. The predicted molar refractivity (Wildman–Crippen MR) is 119 cm³/mol. The van der Waals surface area contributed by atoms with Gasteiger partial charge in [-0.05, 0) is 44.2 Å². The van der Waals surface area contributed by atoms with Crippen molar-refractivity contribution in [1.29, 1.82) is 0 Å². The lowest BCUT2D eigenvalue weighted by atomic mass is 9.71. The van der Waals surface area contributed by atoms with Crippen molar-refractivity contribution in [3.05, 3.63) is 28.0 Å². The molecule has 3 aliphatic heterocycles. The van der Waals surface area contributed by atoms with Crippen LogP contribution in [0.4, 0.5) is 4.79 Å². The number of fused-ring (bicyclic) bond motifs is 1. The third-order valence-electron chi connectivity index (χ3n) is 7.32. The summed E-state index contributed by atoms with van der Waals surface area (Å²) in [4.78, 5) is 33.3. The second-order valence-corrected chi connectivity index (χ2v) is 10.3. The van der Waals surface area contributed by atoms with Crippen molar-refractivity contribution in [3.8, 4) is 0 Å². The molecule has 0 radical (unpaired) electrons. The number of carbonyl (C=O) groups excluding carboxylic acids is 2. The van der Waals surface area contributed by atoms with Crippen LogP contribution < -0.4 is 16.4 Å². The van der Waals surface area contributed by atoms with Gasteiger partial charge in [0.1, 0.15) is 11.8 Å². The molecule has 3 atom stereocenters. The normalized spacial score (nSPS) is 28.9. The number of ether oxygens (including phenoxy) is 1. The van der Waals surface area contributed by atoms with E-state index in [9.17, 15) is 9.59 Å². The first kappa shape index (κ1) is 22.2. The number of hydrazine groups is 2. The summed E-state index contributed by atoms with van der Waals surface area (Å²) in [6.07, 6.45) is 4.24. The molecule has 4 fully saturated rings. The molecule has 5 rings (SSSR count). The van der Waals surface area contributed by atoms with E-state index in [-0.39, 0.29) is 35.1 Å². The lowest BCUT2D eigenvalue weighted by Gasteiger charge is -2.54. The Labute approximate surface area is 197 Å². The van der Waals surface area contributed by atoms with Gasteiger partial charge < -0.3 is 14.5 Å². The average Bonchev–Trinajstić information content (AvgIpc) is 3.23. The standard InChI is InChI=1S/C21H28Cl2N6O3/c22-14-8-15(24-18(23)9-14)10-32-20(31)28-5-3-21(4-6-28)11-29(12-21)19(30)13-1-2-16-17(7-13)26-27-25-16/h8-9,13,16-17,25-27H,1-7,10-12H2. The van der Waals surface area contributed by atoms with Gasteiger partial charge in [-0.3, -0.25) is 4.79 Å². The van der Waals surface area contributed by atoms with Gasteiger partial charge in [-0.2, -0.15) is 5.53 Å². The SMILES string of the molecule is O=C(OCc1cc(Cl)cc(Cl)n1)N1CCC2(CC1)CN(C(=O)C1CCC3NNNC3C1)C2. The van der Waals surface area contributed by atoms with Crippen molar-refractivity contribution in [3.63, 3.8) is 0 Å². The van der Waals surface area contributed by atoms with Gasteiger partial charge in [-0.15, -0.1) is 0 Å². The predicted octanol–water partition coefficient (Wildman–Crippen LogP) is 2.10. The molecular formula is C21H28Cl2N6O3. The van der Waals surface area contributed by atoms with Crippen LogP contribution >= 0.6 is 23.2 Å². The highest BCUT2D eigenvalue weighted by Gasteiger charge is 2.49. The minimum atomic E-state index is -0.354. The van der Waals surface area contributed by atoms with Crippen LogP contribution in [0.25, 0.3) is 0 Å². The Morgan fingerprint density at radius 1 is 1.09 bits per heavy atom. The minimum Gasteiger partial charge on any atom is -0.443 e. The van der Waals surface area contributed by atoms with Gasteiger partial charge in [0.05, 0.1) is 5.69 Å². The molecule has 0 bridgehead atoms. The fraction of sp³-hybridized carbons (Fsp3) is 0.667. The maximum absolute atomic E-state index is 13.0. The van der Waals surface area contributed by atoms with Crippen molar-refractivity contribution in [2.24, 2.45) is 11.3 Å². The smallest absolute Gasteiger partial charge is 0.410 e. The molecular weight excluding hydrogens is 455 g/mol. The highest BCUT2D eigenvalue weighted by atomic mass is 35.5. The Hall–Kier alpha value is -1.65. The summed E-state index contributed by atoms with van der Waals surface area (Å²) in [6, 6.07) is 3.91. The number of amides is 2. The van der Waals surface area contributed by atoms with Gasteiger partial charge in [0.15, 0.2) is 0 Å². The van der Waals surface area contributed by atoms with E-state index in [1.165, 1.54) is 6.07 Å². The fourth-order valence-electron chi connectivity index (χ4n) is 5.43. The van der Waals surface area contributed by atoms with Crippen LogP contribution in [0, 0.1) is 11.3 Å². The van der Waals surface area contributed by atoms with Gasteiger partial charge in [0.25, 0.3) is 0 Å². The number of pyridine rings is 1. The minimum absolute atomic E-state index is 0.0339. The fourth-order valence-corrected chi connectivity index (χ4v) is 5.94. The van der Waals surface area contributed by atoms with E-state index in [1.54, 1.807) is 11.0 Å². The van der Waals surface area contributed by atoms with Crippen molar-refractivity contribution >= 4 is 35.2 Å². The quantitative estimate of drug-likeness (QED) is 0.567. The Morgan fingerprint density at radius 3 is 2.59 bits per heavy atom. The Kier molecular flexibility index (Phi) is 6.19. The first-order chi connectivity index (χ1) is 15.4. The van der Waals surface area contributed by atoms with Crippen LogP contribution in [0.5, 0.6) is 0 Å². The molecule has 0 aromatic carbocycles. The summed E-state index contributed by atoms with van der Waals surface area (Å²) in [7, 11) is 0. The molecule has 3 saturated heterocycles. The number of aromatic nitrogens is 1. The lowest BCUT2D eigenvalue weighted by molar-refractivity contribution is -0.152. The highest BCUT2D eigenvalue weighted by molar-refractivity contribution is 6.33. The summed E-state index contributed by atoms with van der Waals surface area (Å²) < 4.78 is 5.40. The van der Waals surface area contributed by atoms with Crippen LogP contribution in [-0.4, -0.2) is 65.0 Å². The summed E-state index contributed by atoms with van der Waals surface area (Å²) in [5, 5.41) is 0.731. The van der Waals surface area contributed by atoms with Crippen LogP contribution in [0.15, 0.2) is 12.1 Å². The van der Waals surface area contributed by atoms with Gasteiger partial charge >= 0.3 is 6.09 Å². The van der Waals surface area contributed by atoms with E-state index in [0.717, 1.165) is 45.2 Å². The second kappa shape index (κ2) is 8.95. The Balaban J connectivity index is 1.06. The molecule has 1 aromatic rings. The molecule has 2 amide bonds. The topological polar surface area (TPSA) is 98.8 Å². The first-order valence-electron chi connectivity index (χ1n) is 11.2. The van der Waals surface area contributed by atoms with Crippen LogP contribution in [0.2, 0.25) is 10.2 Å². The first-order valence-corrected chi connectivity index (χ1v) is 11.9. The zero-order chi connectivity index (χ0) is 22.3. The van der Waals surface area contributed by atoms with Gasteiger partial charge in [-0.25, -0.2) is 20.6 Å². The largest absolute Gasteiger partial charge is 0.443 e. The number of hydrogen-bond acceptors (Lipinski definition) is 7. The third-order valence-corrected chi connectivity index (χ3v) is 7.73. The molecule has 4 heterocycles. The number of halogens is 2. The molecule has 11 heteroatoms. The number of nitrogens with zero attached hydrogens (tertiary/aromatic N) is 3.